The maximum Gasteiger partial charge on any atom is 0.101 e. The lowest BCUT2D eigenvalue weighted by Gasteiger charge is -2.46. The number of fused-ring (bicyclic) bond motifs is 1. The number of nitrogens with zero attached hydrogens (tertiary/aromatic N) is 2. The Balaban J connectivity index is 1.95. The van der Waals surface area contributed by atoms with Crippen LogP contribution in [0.4, 0.5) is 5.69 Å². The third-order valence-corrected chi connectivity index (χ3v) is 6.03. The van der Waals surface area contributed by atoms with Gasteiger partial charge in [0.05, 0.1) is 23.8 Å². The summed E-state index contributed by atoms with van der Waals surface area (Å²) in [6.45, 7) is 1.67. The Morgan fingerprint density at radius 3 is 2.18 bits per heavy atom. The zero-order valence-corrected chi connectivity index (χ0v) is 13.3. The fraction of sp³-hybridized carbons (Fsp3) is 0.588. The van der Waals surface area contributed by atoms with E-state index in [1.54, 1.807) is 6.07 Å². The smallest absolute Gasteiger partial charge is 0.101 e. The highest BCUT2D eigenvalue weighted by Gasteiger charge is 2.57. The minimum atomic E-state index is -0.236. The Morgan fingerprint density at radius 1 is 1.14 bits per heavy atom. The Bertz CT molecular complexity index is 593. The number of benzene rings is 1. The number of rotatable bonds is 3. The van der Waals surface area contributed by atoms with Crippen molar-refractivity contribution in [2.75, 3.05) is 31.2 Å². The lowest BCUT2D eigenvalue weighted by Crippen LogP contribution is -2.48. The normalized spacial score (nSPS) is 30.9. The highest BCUT2D eigenvalue weighted by Crippen LogP contribution is 2.56. The fourth-order valence-electron chi connectivity index (χ4n) is 4.30. The summed E-state index contributed by atoms with van der Waals surface area (Å²) < 4.78 is 0. The van der Waals surface area contributed by atoms with Crippen molar-refractivity contribution in [2.45, 2.75) is 25.7 Å². The first-order chi connectivity index (χ1) is 10.6. The van der Waals surface area contributed by atoms with Gasteiger partial charge in [-0.1, -0.05) is 24.4 Å². The highest BCUT2D eigenvalue weighted by atomic mass is 35.5. The van der Waals surface area contributed by atoms with Crippen LogP contribution in [0.1, 0.15) is 31.2 Å². The van der Waals surface area contributed by atoms with E-state index in [9.17, 15) is 10.2 Å². The predicted octanol–water partition coefficient (Wildman–Crippen LogP) is 2.56. The zero-order chi connectivity index (χ0) is 15.8. The molecule has 2 aliphatic rings. The average Bonchev–Trinajstić information content (AvgIpc) is 2.91. The number of anilines is 1. The van der Waals surface area contributed by atoms with Crippen LogP contribution in [-0.2, 0) is 0 Å². The molecule has 4 nitrogen and oxygen atoms in total. The van der Waals surface area contributed by atoms with Crippen molar-refractivity contribution in [3.05, 3.63) is 28.8 Å². The third kappa shape index (κ3) is 2.20. The summed E-state index contributed by atoms with van der Waals surface area (Å²) in [5.74, 6) is 0. The molecule has 3 rings (SSSR count). The van der Waals surface area contributed by atoms with Gasteiger partial charge < -0.3 is 15.1 Å². The van der Waals surface area contributed by atoms with E-state index in [2.05, 4.69) is 11.0 Å². The van der Waals surface area contributed by atoms with Gasteiger partial charge in [0.2, 0.25) is 0 Å². The second-order valence-corrected chi connectivity index (χ2v) is 7.12. The van der Waals surface area contributed by atoms with E-state index in [-0.39, 0.29) is 24.0 Å². The lowest BCUT2D eigenvalue weighted by atomic mass is 9.58. The van der Waals surface area contributed by atoms with E-state index in [0.717, 1.165) is 44.5 Å². The Labute approximate surface area is 135 Å². The van der Waals surface area contributed by atoms with Crippen LogP contribution in [0, 0.1) is 22.2 Å². The van der Waals surface area contributed by atoms with Crippen LogP contribution in [0.15, 0.2) is 18.2 Å². The molecule has 0 spiro atoms. The molecule has 0 radical (unpaired) electrons. The number of hydrogen-bond donors (Lipinski definition) is 2. The summed E-state index contributed by atoms with van der Waals surface area (Å²) in [4.78, 5) is 2.20. The maximum absolute atomic E-state index is 10.0. The molecule has 1 saturated heterocycles. The second-order valence-electron chi connectivity index (χ2n) is 6.72. The molecule has 5 heteroatoms. The zero-order valence-electron chi connectivity index (χ0n) is 12.6. The standard InChI is InChI=1S/C17H21ClN2O2/c18-15-7-14(4-3-13(15)8-19)20-9-16(11-21)5-1-2-6-17(16,10-20)12-22/h3-4,7,21-22H,1-2,5-6,9-12H2/t16-,17+. The van der Waals surface area contributed by atoms with Gasteiger partial charge in [-0.25, -0.2) is 0 Å². The average molecular weight is 321 g/mol. The molecule has 1 aromatic carbocycles. The van der Waals surface area contributed by atoms with E-state index in [4.69, 9.17) is 16.9 Å². The molecule has 1 aliphatic heterocycles. The van der Waals surface area contributed by atoms with Gasteiger partial charge in [0, 0.05) is 29.6 Å². The van der Waals surface area contributed by atoms with Crippen molar-refractivity contribution >= 4 is 17.3 Å². The summed E-state index contributed by atoms with van der Waals surface area (Å²) in [5, 5.41) is 29.5. The predicted molar refractivity (Wildman–Crippen MR) is 85.9 cm³/mol. The molecule has 22 heavy (non-hydrogen) atoms. The molecule has 2 atom stereocenters. The molecule has 0 bridgehead atoms. The van der Waals surface area contributed by atoms with E-state index in [1.165, 1.54) is 0 Å². The first kappa shape index (κ1) is 15.6. The number of aliphatic hydroxyl groups excluding tert-OH is 2. The molecule has 2 N–H and O–H groups in total. The molecular formula is C17H21ClN2O2. The van der Waals surface area contributed by atoms with Crippen LogP contribution in [0.5, 0.6) is 0 Å². The third-order valence-electron chi connectivity index (χ3n) is 5.72. The van der Waals surface area contributed by atoms with Gasteiger partial charge >= 0.3 is 0 Å². The van der Waals surface area contributed by atoms with Gasteiger partial charge in [-0.15, -0.1) is 0 Å². The summed E-state index contributed by atoms with van der Waals surface area (Å²) in [6.07, 6.45) is 4.10. The Kier molecular flexibility index (Phi) is 4.07. The Morgan fingerprint density at radius 2 is 1.73 bits per heavy atom. The molecular weight excluding hydrogens is 300 g/mol. The highest BCUT2D eigenvalue weighted by molar-refractivity contribution is 6.32. The number of nitriles is 1. The van der Waals surface area contributed by atoms with Gasteiger partial charge in [-0.3, -0.25) is 0 Å². The molecule has 0 aromatic heterocycles. The number of aliphatic hydroxyl groups is 2. The van der Waals surface area contributed by atoms with Crippen LogP contribution in [-0.4, -0.2) is 36.5 Å². The molecule has 1 aliphatic carbocycles. The number of halogens is 1. The Hall–Kier alpha value is -1.28. The molecule has 1 heterocycles. The summed E-state index contributed by atoms with van der Waals surface area (Å²) in [6, 6.07) is 7.52. The van der Waals surface area contributed by atoms with Crippen LogP contribution >= 0.6 is 11.6 Å². The van der Waals surface area contributed by atoms with Crippen molar-refractivity contribution in [1.82, 2.24) is 0 Å². The quantitative estimate of drug-likeness (QED) is 0.898. The second kappa shape index (κ2) is 5.73. The monoisotopic (exact) mass is 320 g/mol. The fourth-order valence-corrected chi connectivity index (χ4v) is 4.52. The molecule has 0 amide bonds. The minimum absolute atomic E-state index is 0.105. The van der Waals surface area contributed by atoms with E-state index in [0.29, 0.717) is 10.6 Å². The molecule has 118 valence electrons. The SMILES string of the molecule is N#Cc1ccc(N2C[C@]3(CO)CCCC[C@]3(CO)C2)cc1Cl. The first-order valence-electron chi connectivity index (χ1n) is 7.76. The van der Waals surface area contributed by atoms with Crippen LogP contribution in [0.25, 0.3) is 0 Å². The summed E-state index contributed by atoms with van der Waals surface area (Å²) in [5.41, 5.74) is 0.954. The van der Waals surface area contributed by atoms with Crippen LogP contribution < -0.4 is 4.90 Å². The summed E-state index contributed by atoms with van der Waals surface area (Å²) >= 11 is 6.15. The van der Waals surface area contributed by atoms with Crippen molar-refractivity contribution < 1.29 is 10.2 Å². The van der Waals surface area contributed by atoms with Gasteiger partial charge in [0.15, 0.2) is 0 Å². The van der Waals surface area contributed by atoms with E-state index >= 15 is 0 Å². The van der Waals surface area contributed by atoms with Crippen LogP contribution in [0.2, 0.25) is 5.02 Å². The lowest BCUT2D eigenvalue weighted by molar-refractivity contribution is -0.0490. The summed E-state index contributed by atoms with van der Waals surface area (Å²) in [7, 11) is 0. The molecule has 1 aromatic rings. The first-order valence-corrected chi connectivity index (χ1v) is 8.14. The molecule has 2 fully saturated rings. The van der Waals surface area contributed by atoms with E-state index < -0.39 is 0 Å². The van der Waals surface area contributed by atoms with Gasteiger partial charge in [-0.2, -0.15) is 5.26 Å². The van der Waals surface area contributed by atoms with Gasteiger partial charge in [0.1, 0.15) is 6.07 Å². The van der Waals surface area contributed by atoms with Crippen molar-refractivity contribution in [1.29, 1.82) is 5.26 Å². The maximum atomic E-state index is 10.0. The minimum Gasteiger partial charge on any atom is -0.396 e. The van der Waals surface area contributed by atoms with Crippen LogP contribution in [0.3, 0.4) is 0 Å². The van der Waals surface area contributed by atoms with Crippen molar-refractivity contribution in [3.8, 4) is 6.07 Å². The largest absolute Gasteiger partial charge is 0.396 e. The van der Waals surface area contributed by atoms with Crippen molar-refractivity contribution in [2.24, 2.45) is 10.8 Å². The number of hydrogen-bond acceptors (Lipinski definition) is 4. The van der Waals surface area contributed by atoms with Gasteiger partial charge in [-0.05, 0) is 31.0 Å². The topological polar surface area (TPSA) is 67.5 Å². The molecule has 1 saturated carbocycles. The van der Waals surface area contributed by atoms with Gasteiger partial charge in [0.25, 0.3) is 0 Å². The van der Waals surface area contributed by atoms with Crippen molar-refractivity contribution in [3.63, 3.8) is 0 Å². The molecule has 0 unspecified atom stereocenters. The van der Waals surface area contributed by atoms with E-state index in [1.807, 2.05) is 12.1 Å².